The second-order valence-corrected chi connectivity index (χ2v) is 18.3. The molecule has 0 atom stereocenters. The number of rotatable bonds is 5. The quantitative estimate of drug-likeness (QED) is 0.162. The van der Waals surface area contributed by atoms with E-state index in [0.29, 0.717) is 35.3 Å². The summed E-state index contributed by atoms with van der Waals surface area (Å²) in [6.07, 6.45) is 1.85. The topological polar surface area (TPSA) is 49.7 Å². The van der Waals surface area contributed by atoms with Gasteiger partial charge < -0.3 is 0 Å². The van der Waals surface area contributed by atoms with Gasteiger partial charge in [-0.15, -0.1) is 0 Å². The van der Waals surface area contributed by atoms with E-state index in [2.05, 4.69) is 112 Å². The molecular weight excluding hydrogens is 732 g/mol. The number of pyridine rings is 1. The molecule has 270 valence electrons. The van der Waals surface area contributed by atoms with Crippen LogP contribution in [-0.2, 0) is 17.8 Å². The van der Waals surface area contributed by atoms with Crippen LogP contribution in [0, 0.1) is 0 Å². The maximum absolute atomic E-state index is 8.54. The molecular formula is C46H44N6OSe. The van der Waals surface area contributed by atoms with Crippen molar-refractivity contribution >= 4 is 75.0 Å². The van der Waals surface area contributed by atoms with Crippen molar-refractivity contribution in [3.05, 3.63) is 139 Å². The molecule has 0 bridgehead atoms. The Morgan fingerprint density at radius 2 is 1.31 bits per heavy atom. The number of imidazole rings is 1. The molecule has 0 saturated heterocycles. The summed E-state index contributed by atoms with van der Waals surface area (Å²) < 4.78 is 35.7. The molecule has 54 heavy (non-hydrogen) atoms. The van der Waals surface area contributed by atoms with Gasteiger partial charge in [0.05, 0.1) is 0 Å². The van der Waals surface area contributed by atoms with Crippen LogP contribution in [0.3, 0.4) is 0 Å². The molecule has 2 aliphatic heterocycles. The second-order valence-electron chi connectivity index (χ2n) is 16.0. The van der Waals surface area contributed by atoms with Gasteiger partial charge in [-0.3, -0.25) is 0 Å². The van der Waals surface area contributed by atoms with Crippen molar-refractivity contribution < 1.29 is 8.85 Å². The number of nitrogens with zero attached hydrogens (tertiary/aromatic N) is 6. The van der Waals surface area contributed by atoms with Crippen molar-refractivity contribution in [2.75, 3.05) is 21.4 Å². The fourth-order valence-electron chi connectivity index (χ4n) is 7.20. The Morgan fingerprint density at radius 1 is 0.648 bits per heavy atom. The average molecular weight is 779 g/mol. The number of aryl methyl sites for hydroxylation is 1. The third-order valence-electron chi connectivity index (χ3n) is 10.2. The van der Waals surface area contributed by atoms with Gasteiger partial charge in [-0.25, -0.2) is 0 Å². The molecule has 0 unspecified atom stereocenters. The summed E-state index contributed by atoms with van der Waals surface area (Å²) in [5.74, 6) is 1.36. The predicted octanol–water partition coefficient (Wildman–Crippen LogP) is 10.0. The van der Waals surface area contributed by atoms with Crippen LogP contribution < -0.4 is 28.4 Å². The zero-order valence-corrected chi connectivity index (χ0v) is 33.0. The Morgan fingerprint density at radius 3 is 2.04 bits per heavy atom. The molecule has 5 aromatic carbocycles. The molecule has 0 saturated carbocycles. The minimum atomic E-state index is -2.47. The van der Waals surface area contributed by atoms with E-state index in [1.807, 2.05) is 65.7 Å². The Kier molecular flexibility index (Phi) is 7.31. The van der Waals surface area contributed by atoms with Gasteiger partial charge in [0.25, 0.3) is 0 Å². The molecule has 2 aliphatic rings. The molecule has 0 radical (unpaired) electrons. The molecule has 0 aliphatic carbocycles. The van der Waals surface area contributed by atoms with Crippen LogP contribution in [0.1, 0.15) is 56.8 Å². The number of para-hydroxylation sites is 5. The van der Waals surface area contributed by atoms with E-state index in [9.17, 15) is 0 Å². The monoisotopic (exact) mass is 779 g/mol. The van der Waals surface area contributed by atoms with Crippen molar-refractivity contribution in [3.8, 4) is 11.6 Å². The van der Waals surface area contributed by atoms with Gasteiger partial charge in [0, 0.05) is 0 Å². The third kappa shape index (κ3) is 6.00. The van der Waals surface area contributed by atoms with Gasteiger partial charge in [0.15, 0.2) is 0 Å². The maximum atomic E-state index is 8.54. The van der Waals surface area contributed by atoms with Crippen LogP contribution in [0.15, 0.2) is 128 Å². The first-order valence-electron chi connectivity index (χ1n) is 19.8. The Balaban J connectivity index is 1.07. The normalized spacial score (nSPS) is 15.0. The third-order valence-corrected chi connectivity index (χ3v) is 12.5. The number of hydrogen-bond donors (Lipinski definition) is 0. The van der Waals surface area contributed by atoms with Crippen LogP contribution in [0.25, 0.3) is 11.0 Å². The Bertz CT molecular complexity index is 2650. The van der Waals surface area contributed by atoms with E-state index < -0.39 is 6.98 Å². The summed E-state index contributed by atoms with van der Waals surface area (Å²) in [5.41, 5.74) is 9.90. The number of fused-ring (bicyclic) bond motifs is 4. The Hall–Kier alpha value is -5.56. The molecule has 2 aromatic heterocycles. The second kappa shape index (κ2) is 12.8. The summed E-state index contributed by atoms with van der Waals surface area (Å²) in [4.78, 5) is 16.4. The Labute approximate surface area is 328 Å². The van der Waals surface area contributed by atoms with Gasteiger partial charge in [0.1, 0.15) is 0 Å². The van der Waals surface area contributed by atoms with Crippen molar-refractivity contribution in [1.29, 1.82) is 0 Å². The van der Waals surface area contributed by atoms with E-state index in [4.69, 9.17) is 18.8 Å². The molecule has 0 fully saturated rings. The minimum absolute atomic E-state index is 0.00285. The van der Waals surface area contributed by atoms with Crippen LogP contribution in [0.2, 0.25) is 0 Å². The van der Waals surface area contributed by atoms with Gasteiger partial charge in [-0.1, -0.05) is 53.7 Å². The zero-order chi connectivity index (χ0) is 39.9. The summed E-state index contributed by atoms with van der Waals surface area (Å²) >= 11 is -0.0697. The molecule has 0 spiro atoms. The standard InChI is InChI=1S/C46H44N6OSe/c1-45(2,3)30-23-31(46(4,5)6)25-33(24-30)51-29-50(37-19-10-11-20-38(37)51)32-15-14-16-34(26-32)53-43-27-40-42(28-47-43)54-41-22-13-12-21-39(41)52(40)44-48-35-17-8-9-18-36(35)49(44)7/h8-28H,29H2,1-7H3/i7D3. The van der Waals surface area contributed by atoms with Gasteiger partial charge >= 0.3 is 242 Å². The van der Waals surface area contributed by atoms with Gasteiger partial charge in [-0.05, 0) is 34.1 Å². The molecule has 8 heteroatoms. The van der Waals surface area contributed by atoms with Crippen molar-refractivity contribution in [1.82, 2.24) is 14.5 Å². The van der Waals surface area contributed by atoms with Crippen LogP contribution >= 0.6 is 0 Å². The number of benzene rings is 5. The summed E-state index contributed by atoms with van der Waals surface area (Å²) in [6, 6.07) is 41.1. The van der Waals surface area contributed by atoms with Crippen molar-refractivity contribution in [2.45, 2.75) is 52.4 Å². The summed E-state index contributed by atoms with van der Waals surface area (Å²) in [6.45, 7) is 11.8. The molecule has 7 aromatic rings. The van der Waals surface area contributed by atoms with E-state index in [0.717, 1.165) is 37.4 Å². The summed E-state index contributed by atoms with van der Waals surface area (Å²) in [7, 11) is 0. The van der Waals surface area contributed by atoms with Crippen molar-refractivity contribution in [3.63, 3.8) is 0 Å². The first kappa shape index (κ1) is 30.9. The van der Waals surface area contributed by atoms with Gasteiger partial charge in [-0.2, -0.15) is 0 Å². The molecule has 0 amide bonds. The number of ether oxygens (including phenoxy) is 1. The van der Waals surface area contributed by atoms with Crippen LogP contribution in [0.5, 0.6) is 11.6 Å². The first-order valence-corrected chi connectivity index (χ1v) is 20.0. The van der Waals surface area contributed by atoms with E-state index >= 15 is 0 Å². The van der Waals surface area contributed by atoms with E-state index in [-0.39, 0.29) is 25.8 Å². The number of hydrogen-bond acceptors (Lipinski definition) is 6. The fourth-order valence-corrected chi connectivity index (χ4v) is 9.32. The predicted molar refractivity (Wildman–Crippen MR) is 224 cm³/mol. The molecule has 9 rings (SSSR count). The number of aromatic nitrogens is 3. The fraction of sp³-hybridized carbons (Fsp3) is 0.217. The molecule has 4 heterocycles. The molecule has 0 N–H and O–H groups in total. The zero-order valence-electron chi connectivity index (χ0n) is 34.3. The van der Waals surface area contributed by atoms with Crippen LogP contribution in [0.4, 0.5) is 40.1 Å². The van der Waals surface area contributed by atoms with E-state index in [1.54, 1.807) is 6.07 Å². The van der Waals surface area contributed by atoms with E-state index in [1.165, 1.54) is 21.4 Å². The molecule has 7 nitrogen and oxygen atoms in total. The van der Waals surface area contributed by atoms with Gasteiger partial charge in [0.2, 0.25) is 0 Å². The van der Waals surface area contributed by atoms with Crippen LogP contribution in [-0.4, -0.2) is 36.2 Å². The SMILES string of the molecule is [2H]C([2H])([2H])n1c(N2c3ccccc3[Se]c3cnc(Oc4cccc(N5CN(c6cc(C(C)(C)C)cc(C(C)(C)C)c6)c6ccccc65)c4)cc32)nc2ccccc21. The first-order chi connectivity index (χ1) is 27.1. The summed E-state index contributed by atoms with van der Waals surface area (Å²) in [5, 5.41) is 0. The average Bonchev–Trinajstić information content (AvgIpc) is 3.76. The number of anilines is 7. The van der Waals surface area contributed by atoms with Crippen molar-refractivity contribution in [2.24, 2.45) is 6.98 Å².